The number of amides is 1. The largest absolute Gasteiger partial charge is 0.447 e. The fraction of sp³-hybridized carbons (Fsp3) is 0.143. The normalized spacial score (nSPS) is 11.9. The lowest BCUT2D eigenvalue weighted by molar-refractivity contribution is -0.137. The van der Waals surface area contributed by atoms with Gasteiger partial charge in [0.25, 0.3) is 0 Å². The molecule has 9 heteroatoms. The Bertz CT molecular complexity index is 722. The second-order valence-electron chi connectivity index (χ2n) is 4.44. The second kappa shape index (κ2) is 7.31. The first-order valence-electron chi connectivity index (χ1n) is 6.18. The second-order valence-corrected chi connectivity index (χ2v) is 6.01. The van der Waals surface area contributed by atoms with Gasteiger partial charge in [-0.1, -0.05) is 18.2 Å². The summed E-state index contributed by atoms with van der Waals surface area (Å²) >= 11 is 6.37. The summed E-state index contributed by atoms with van der Waals surface area (Å²) < 4.78 is 44.1. The van der Waals surface area contributed by atoms with Crippen molar-refractivity contribution in [3.05, 3.63) is 56.4 Å². The Balaban J connectivity index is 1.95. The molecule has 0 aliphatic carbocycles. The third-order valence-electron chi connectivity index (χ3n) is 2.66. The maximum Gasteiger partial charge on any atom is 0.416 e. The van der Waals surface area contributed by atoms with Gasteiger partial charge in [-0.25, -0.2) is 5.43 Å². The number of hydrogen-bond donors (Lipinski definition) is 1. The summed E-state index contributed by atoms with van der Waals surface area (Å²) in [7, 11) is 0. The van der Waals surface area contributed by atoms with Crippen LogP contribution < -0.4 is 5.43 Å². The van der Waals surface area contributed by atoms with Gasteiger partial charge in [-0.05, 0) is 43.5 Å². The molecule has 0 radical (unpaired) electrons. The maximum absolute atomic E-state index is 12.6. The fourth-order valence-electron chi connectivity index (χ4n) is 1.68. The smallest absolute Gasteiger partial charge is 0.416 e. The van der Waals surface area contributed by atoms with Crippen LogP contribution in [0.3, 0.4) is 0 Å². The van der Waals surface area contributed by atoms with Crippen LogP contribution in [0, 0.1) is 0 Å². The van der Waals surface area contributed by atoms with Crippen LogP contribution in [0.4, 0.5) is 13.2 Å². The van der Waals surface area contributed by atoms with Crippen molar-refractivity contribution in [1.29, 1.82) is 0 Å². The zero-order chi connectivity index (χ0) is 17.0. The van der Waals surface area contributed by atoms with Crippen molar-refractivity contribution >= 4 is 44.0 Å². The number of nitrogens with one attached hydrogen (secondary N) is 1. The van der Waals surface area contributed by atoms with E-state index < -0.39 is 17.6 Å². The number of benzene rings is 1. The Hall–Kier alpha value is -1.61. The lowest BCUT2D eigenvalue weighted by Gasteiger charge is -2.08. The molecule has 4 nitrogen and oxygen atoms in total. The van der Waals surface area contributed by atoms with Crippen LogP contribution in [0.25, 0.3) is 0 Å². The molecule has 0 fully saturated rings. The molecular formula is C14H9Br2F3N2O2. The Labute approximate surface area is 146 Å². The zero-order valence-corrected chi connectivity index (χ0v) is 14.5. The van der Waals surface area contributed by atoms with E-state index in [0.29, 0.717) is 14.9 Å². The van der Waals surface area contributed by atoms with Crippen molar-refractivity contribution < 1.29 is 22.4 Å². The first kappa shape index (κ1) is 17.7. The van der Waals surface area contributed by atoms with Crippen LogP contribution in [0.15, 0.2) is 49.0 Å². The first-order chi connectivity index (χ1) is 10.8. The minimum atomic E-state index is -4.44. The third kappa shape index (κ3) is 5.21. The van der Waals surface area contributed by atoms with Gasteiger partial charge in [-0.2, -0.15) is 18.3 Å². The fourth-order valence-corrected chi connectivity index (χ4v) is 2.29. The number of carbonyl (C=O) groups is 1. The number of hydrazone groups is 1. The molecule has 0 atom stereocenters. The van der Waals surface area contributed by atoms with Crippen molar-refractivity contribution in [3.63, 3.8) is 0 Å². The van der Waals surface area contributed by atoms with E-state index in [0.717, 1.165) is 12.1 Å². The van der Waals surface area contributed by atoms with Gasteiger partial charge < -0.3 is 4.42 Å². The van der Waals surface area contributed by atoms with E-state index in [2.05, 4.69) is 42.4 Å². The number of rotatable bonds is 4. The minimum Gasteiger partial charge on any atom is -0.447 e. The summed E-state index contributed by atoms with van der Waals surface area (Å²) in [6.07, 6.45) is -3.38. The van der Waals surface area contributed by atoms with Crippen molar-refractivity contribution in [2.75, 3.05) is 0 Å². The van der Waals surface area contributed by atoms with Crippen LogP contribution >= 0.6 is 31.9 Å². The highest BCUT2D eigenvalue weighted by Crippen LogP contribution is 2.29. The Morgan fingerprint density at radius 2 is 2.04 bits per heavy atom. The quantitative estimate of drug-likeness (QED) is 0.546. The molecule has 0 spiro atoms. The van der Waals surface area contributed by atoms with Crippen molar-refractivity contribution in [2.45, 2.75) is 12.6 Å². The summed E-state index contributed by atoms with van der Waals surface area (Å²) in [4.78, 5) is 11.7. The lowest BCUT2D eigenvalue weighted by atomic mass is 10.1. The average Bonchev–Trinajstić information content (AvgIpc) is 2.77. The number of furan rings is 1. The number of hydrogen-bond acceptors (Lipinski definition) is 3. The highest BCUT2D eigenvalue weighted by molar-refractivity contribution is 9.13. The van der Waals surface area contributed by atoms with E-state index >= 15 is 0 Å². The van der Waals surface area contributed by atoms with Crippen LogP contribution in [0.5, 0.6) is 0 Å². The van der Waals surface area contributed by atoms with Crippen LogP contribution in [-0.4, -0.2) is 12.1 Å². The summed E-state index contributed by atoms with van der Waals surface area (Å²) in [5, 5.41) is 3.68. The zero-order valence-electron chi connectivity index (χ0n) is 11.3. The van der Waals surface area contributed by atoms with Crippen molar-refractivity contribution in [1.82, 2.24) is 5.43 Å². The Morgan fingerprint density at radius 3 is 2.65 bits per heavy atom. The molecule has 1 N–H and O–H groups in total. The lowest BCUT2D eigenvalue weighted by Crippen LogP contribution is -2.20. The van der Waals surface area contributed by atoms with Crippen LogP contribution in [0.2, 0.25) is 0 Å². The van der Waals surface area contributed by atoms with Gasteiger partial charge in [0.05, 0.1) is 22.7 Å². The van der Waals surface area contributed by atoms with E-state index in [-0.39, 0.29) is 12.0 Å². The molecular weight excluding hydrogens is 445 g/mol. The first-order valence-corrected chi connectivity index (χ1v) is 7.77. The summed E-state index contributed by atoms with van der Waals surface area (Å²) in [6, 6.07) is 6.22. The molecule has 1 aromatic heterocycles. The molecule has 0 aliphatic heterocycles. The molecule has 2 aromatic rings. The van der Waals surface area contributed by atoms with Gasteiger partial charge in [-0.3, -0.25) is 4.79 Å². The number of alkyl halides is 3. The molecule has 0 saturated carbocycles. The molecule has 23 heavy (non-hydrogen) atoms. The number of carbonyl (C=O) groups excluding carboxylic acids is 1. The van der Waals surface area contributed by atoms with E-state index in [4.69, 9.17) is 4.42 Å². The van der Waals surface area contributed by atoms with Gasteiger partial charge in [0.1, 0.15) is 5.76 Å². The molecule has 1 amide bonds. The monoisotopic (exact) mass is 452 g/mol. The van der Waals surface area contributed by atoms with E-state index in [1.807, 2.05) is 0 Å². The molecule has 2 rings (SSSR count). The van der Waals surface area contributed by atoms with Crippen LogP contribution in [0.1, 0.15) is 16.9 Å². The topological polar surface area (TPSA) is 54.6 Å². The van der Waals surface area contributed by atoms with Crippen molar-refractivity contribution in [2.24, 2.45) is 5.10 Å². The molecule has 0 aliphatic rings. The average molecular weight is 454 g/mol. The molecule has 0 saturated heterocycles. The maximum atomic E-state index is 12.6. The van der Waals surface area contributed by atoms with E-state index in [1.165, 1.54) is 18.3 Å². The summed E-state index contributed by atoms with van der Waals surface area (Å²) in [5.74, 6) is -0.145. The van der Waals surface area contributed by atoms with Gasteiger partial charge in [0.15, 0.2) is 4.67 Å². The number of nitrogens with zero attached hydrogens (tertiary/aromatic N) is 1. The Kier molecular flexibility index (Phi) is 5.64. The van der Waals surface area contributed by atoms with Crippen LogP contribution in [-0.2, 0) is 17.4 Å². The standard InChI is InChI=1S/C14H9Br2F3N2O2/c15-11-6-10(23-13(11)16)7-20-21-12(22)5-8-2-1-3-9(4-8)14(17,18)19/h1-4,6-7H,5H2,(H,21,22)/b20-7+. The predicted molar refractivity (Wildman–Crippen MR) is 85.0 cm³/mol. The minimum absolute atomic E-state index is 0.215. The van der Waals surface area contributed by atoms with E-state index in [9.17, 15) is 18.0 Å². The highest BCUT2D eigenvalue weighted by atomic mass is 79.9. The van der Waals surface area contributed by atoms with Crippen molar-refractivity contribution in [3.8, 4) is 0 Å². The summed E-state index contributed by atoms with van der Waals surface area (Å²) in [6.45, 7) is 0. The Morgan fingerprint density at radius 1 is 1.30 bits per heavy atom. The van der Waals surface area contributed by atoms with Gasteiger partial charge in [0.2, 0.25) is 5.91 Å². The molecule has 0 bridgehead atoms. The SMILES string of the molecule is O=C(Cc1cccc(C(F)(F)F)c1)N/N=C/c1cc(Br)c(Br)o1. The third-order valence-corrected chi connectivity index (χ3v) is 4.37. The highest BCUT2D eigenvalue weighted by Gasteiger charge is 2.30. The molecule has 1 aromatic carbocycles. The summed E-state index contributed by atoms with van der Waals surface area (Å²) in [5.41, 5.74) is 1.68. The van der Waals surface area contributed by atoms with E-state index in [1.54, 1.807) is 6.07 Å². The predicted octanol–water partition coefficient (Wildman–Crippen LogP) is 4.52. The number of halogens is 5. The van der Waals surface area contributed by atoms with Gasteiger partial charge >= 0.3 is 6.18 Å². The van der Waals surface area contributed by atoms with Gasteiger partial charge in [0, 0.05) is 6.07 Å². The molecule has 1 heterocycles. The molecule has 0 unspecified atom stereocenters. The molecule has 122 valence electrons. The van der Waals surface area contributed by atoms with Gasteiger partial charge in [-0.15, -0.1) is 0 Å².